The lowest BCUT2D eigenvalue weighted by atomic mass is 10.4. The maximum atomic E-state index is 11.6. The molecule has 0 rings (SSSR count). The molecular weight excluding hydrogens is 229 g/mol. The number of halogens is 2. The van der Waals surface area contributed by atoms with Crippen LogP contribution in [0.4, 0.5) is 8.78 Å². The maximum Gasteiger partial charge on any atom is 0.472 e. The van der Waals surface area contributed by atoms with Crippen LogP contribution in [0.25, 0.3) is 0 Å². The van der Waals surface area contributed by atoms with Crippen molar-refractivity contribution in [1.29, 1.82) is 0 Å². The molecule has 92 valence electrons. The van der Waals surface area contributed by atoms with Crippen LogP contribution in [0.5, 0.6) is 0 Å². The third-order valence-corrected chi connectivity index (χ3v) is 2.58. The lowest BCUT2D eigenvalue weighted by Crippen LogP contribution is -1.99. The molecule has 0 atom stereocenters. The molecule has 15 heavy (non-hydrogen) atoms. The van der Waals surface area contributed by atoms with Crippen molar-refractivity contribution in [3.05, 3.63) is 0 Å². The van der Waals surface area contributed by atoms with E-state index in [9.17, 15) is 13.3 Å². The molecule has 0 saturated carbocycles. The Hall–Kier alpha value is -0.0300. The Labute approximate surface area is 88.2 Å². The molecule has 0 aromatic heterocycles. The highest BCUT2D eigenvalue weighted by atomic mass is 31.2. The van der Waals surface area contributed by atoms with Crippen molar-refractivity contribution in [3.8, 4) is 0 Å². The van der Waals surface area contributed by atoms with E-state index >= 15 is 0 Å². The highest BCUT2D eigenvalue weighted by molar-refractivity contribution is 7.47. The van der Waals surface area contributed by atoms with Crippen molar-refractivity contribution >= 4 is 7.82 Å². The smallest absolute Gasteiger partial charge is 0.302 e. The van der Waals surface area contributed by atoms with Crippen LogP contribution in [0.2, 0.25) is 0 Å². The van der Waals surface area contributed by atoms with Crippen LogP contribution in [0.15, 0.2) is 0 Å². The predicted molar refractivity (Wildman–Crippen MR) is 52.1 cm³/mol. The van der Waals surface area contributed by atoms with E-state index in [4.69, 9.17) is 4.89 Å². The van der Waals surface area contributed by atoms with Gasteiger partial charge in [0.05, 0.1) is 26.6 Å². The maximum absolute atomic E-state index is 11.6. The first-order valence-electron chi connectivity index (χ1n) is 4.86. The van der Waals surface area contributed by atoms with Gasteiger partial charge in [0.1, 0.15) is 0 Å². The second kappa shape index (κ2) is 9.21. The van der Waals surface area contributed by atoms with Crippen LogP contribution in [0.1, 0.15) is 25.7 Å². The van der Waals surface area contributed by atoms with E-state index in [0.29, 0.717) is 25.7 Å². The fourth-order valence-electron chi connectivity index (χ4n) is 0.790. The van der Waals surface area contributed by atoms with Crippen LogP contribution in [-0.2, 0) is 13.6 Å². The zero-order valence-electron chi connectivity index (χ0n) is 8.53. The molecule has 0 amide bonds. The highest BCUT2D eigenvalue weighted by Gasteiger charge is 2.19. The lowest BCUT2D eigenvalue weighted by molar-refractivity contribution is 0.144. The quantitative estimate of drug-likeness (QED) is 0.475. The first kappa shape index (κ1) is 15.0. The van der Waals surface area contributed by atoms with E-state index in [1.54, 1.807) is 0 Å². The summed E-state index contributed by atoms with van der Waals surface area (Å²) in [4.78, 5) is 9.04. The molecule has 0 aliphatic carbocycles. The Morgan fingerprint density at radius 1 is 0.933 bits per heavy atom. The van der Waals surface area contributed by atoms with Crippen molar-refractivity contribution in [1.82, 2.24) is 0 Å². The van der Waals surface area contributed by atoms with E-state index in [1.165, 1.54) is 0 Å². The molecule has 0 aliphatic rings. The SMILES string of the molecule is O=P(O)(OCCCCF)OCCCCF. The summed E-state index contributed by atoms with van der Waals surface area (Å²) in [7, 11) is -4.02. The van der Waals surface area contributed by atoms with E-state index in [-0.39, 0.29) is 13.2 Å². The highest BCUT2D eigenvalue weighted by Crippen LogP contribution is 2.43. The van der Waals surface area contributed by atoms with Crippen LogP contribution in [0.3, 0.4) is 0 Å². The van der Waals surface area contributed by atoms with Crippen LogP contribution < -0.4 is 0 Å². The number of unbranched alkanes of at least 4 members (excludes halogenated alkanes) is 2. The molecule has 0 unspecified atom stereocenters. The molecule has 0 radical (unpaired) electrons. The lowest BCUT2D eigenvalue weighted by Gasteiger charge is -2.11. The second-order valence-corrected chi connectivity index (χ2v) is 4.38. The number of alkyl halides is 2. The first-order valence-corrected chi connectivity index (χ1v) is 6.36. The Kier molecular flexibility index (Phi) is 9.20. The Bertz CT molecular complexity index is 175. The molecule has 4 nitrogen and oxygen atoms in total. The van der Waals surface area contributed by atoms with Gasteiger partial charge in [-0.3, -0.25) is 17.8 Å². The minimum Gasteiger partial charge on any atom is -0.302 e. The molecule has 0 aliphatic heterocycles. The van der Waals surface area contributed by atoms with Gasteiger partial charge in [0, 0.05) is 0 Å². The average Bonchev–Trinajstić information content (AvgIpc) is 2.20. The molecule has 0 saturated heterocycles. The van der Waals surface area contributed by atoms with Crippen LogP contribution in [0, 0.1) is 0 Å². The van der Waals surface area contributed by atoms with Gasteiger partial charge < -0.3 is 4.89 Å². The summed E-state index contributed by atoms with van der Waals surface area (Å²) in [6.45, 7) is -0.978. The number of hydrogen-bond acceptors (Lipinski definition) is 3. The molecule has 0 spiro atoms. The van der Waals surface area contributed by atoms with Crippen molar-refractivity contribution in [3.63, 3.8) is 0 Å². The molecule has 0 fully saturated rings. The van der Waals surface area contributed by atoms with Gasteiger partial charge in [-0.2, -0.15) is 0 Å². The zero-order valence-corrected chi connectivity index (χ0v) is 9.43. The van der Waals surface area contributed by atoms with Crippen molar-refractivity contribution < 1.29 is 27.3 Å². The van der Waals surface area contributed by atoms with Gasteiger partial charge in [0.15, 0.2) is 0 Å². The standard InChI is InChI=1S/C8H17F2O4P/c9-5-1-3-7-13-15(11,12)14-8-4-2-6-10/h1-8H2,(H,11,12). The minimum atomic E-state index is -4.02. The summed E-state index contributed by atoms with van der Waals surface area (Å²) in [5.74, 6) is 0. The number of hydrogen-bond donors (Lipinski definition) is 1. The van der Waals surface area contributed by atoms with Gasteiger partial charge in [-0.15, -0.1) is 0 Å². The summed E-state index contributed by atoms with van der Waals surface area (Å²) in [5.41, 5.74) is 0. The third-order valence-electron chi connectivity index (χ3n) is 1.56. The summed E-state index contributed by atoms with van der Waals surface area (Å²) in [6.07, 6.45) is 1.33. The number of rotatable bonds is 10. The number of phosphoric ester groups is 1. The number of phosphoric acid groups is 1. The monoisotopic (exact) mass is 246 g/mol. The van der Waals surface area contributed by atoms with Crippen molar-refractivity contribution in [2.75, 3.05) is 26.6 Å². The molecule has 1 N–H and O–H groups in total. The normalized spacial score (nSPS) is 11.9. The van der Waals surface area contributed by atoms with E-state index in [1.807, 2.05) is 0 Å². The summed E-state index contributed by atoms with van der Waals surface area (Å²) < 4.78 is 43.4. The molecule has 7 heteroatoms. The van der Waals surface area contributed by atoms with Gasteiger partial charge in [-0.05, 0) is 25.7 Å². The van der Waals surface area contributed by atoms with E-state index in [0.717, 1.165) is 0 Å². The van der Waals surface area contributed by atoms with Gasteiger partial charge in [0.25, 0.3) is 0 Å². The average molecular weight is 246 g/mol. The van der Waals surface area contributed by atoms with Gasteiger partial charge in [-0.1, -0.05) is 0 Å². The topological polar surface area (TPSA) is 55.8 Å². The third kappa shape index (κ3) is 10.3. The molecule has 0 aromatic carbocycles. The van der Waals surface area contributed by atoms with Crippen molar-refractivity contribution in [2.45, 2.75) is 25.7 Å². The fraction of sp³-hybridized carbons (Fsp3) is 1.00. The minimum absolute atomic E-state index is 0.0131. The second-order valence-electron chi connectivity index (χ2n) is 2.93. The Balaban J connectivity index is 3.45. The van der Waals surface area contributed by atoms with Gasteiger partial charge in [0.2, 0.25) is 0 Å². The van der Waals surface area contributed by atoms with Gasteiger partial charge in [-0.25, -0.2) is 4.57 Å². The molecular formula is C8H17F2O4P. The van der Waals surface area contributed by atoms with Crippen LogP contribution >= 0.6 is 7.82 Å². The zero-order chi connectivity index (χ0) is 11.6. The first-order chi connectivity index (χ1) is 7.12. The van der Waals surface area contributed by atoms with Gasteiger partial charge >= 0.3 is 7.82 Å². The summed E-state index contributed by atoms with van der Waals surface area (Å²) in [5, 5.41) is 0. The van der Waals surface area contributed by atoms with Crippen LogP contribution in [-0.4, -0.2) is 31.5 Å². The fourth-order valence-corrected chi connectivity index (χ4v) is 1.58. The Morgan fingerprint density at radius 2 is 1.33 bits per heavy atom. The molecule has 0 heterocycles. The molecule has 0 bridgehead atoms. The molecule has 0 aromatic rings. The summed E-state index contributed by atoms with van der Waals surface area (Å²) >= 11 is 0. The largest absolute Gasteiger partial charge is 0.472 e. The summed E-state index contributed by atoms with van der Waals surface area (Å²) in [6, 6.07) is 0. The predicted octanol–water partition coefficient (Wildman–Crippen LogP) is 2.62. The van der Waals surface area contributed by atoms with E-state index < -0.39 is 21.2 Å². The van der Waals surface area contributed by atoms with Crippen molar-refractivity contribution in [2.24, 2.45) is 0 Å². The Morgan fingerprint density at radius 3 is 1.67 bits per heavy atom. The van der Waals surface area contributed by atoms with E-state index in [2.05, 4.69) is 9.05 Å².